The van der Waals surface area contributed by atoms with E-state index in [0.29, 0.717) is 27.6 Å². The molecule has 0 bridgehead atoms. The van der Waals surface area contributed by atoms with Gasteiger partial charge in [0.2, 0.25) is 0 Å². The second-order valence-corrected chi connectivity index (χ2v) is 14.6. The molecule has 5 saturated carbocycles. The van der Waals surface area contributed by atoms with Crippen molar-refractivity contribution in [3.63, 3.8) is 0 Å². The zero-order valence-electron chi connectivity index (χ0n) is 21.7. The van der Waals surface area contributed by atoms with Crippen LogP contribution in [0.15, 0.2) is 12.2 Å². The highest BCUT2D eigenvalue weighted by atomic mass is 16.3. The number of fused-ring (bicyclic) bond motifs is 7. The third-order valence-electron chi connectivity index (χ3n) is 13.6. The third kappa shape index (κ3) is 2.60. The Morgan fingerprint density at radius 2 is 1.23 bits per heavy atom. The minimum atomic E-state index is -0.117. The summed E-state index contributed by atoms with van der Waals surface area (Å²) in [6.07, 6.45) is 13.4. The highest BCUT2D eigenvalue weighted by Gasteiger charge is 2.70. The van der Waals surface area contributed by atoms with Gasteiger partial charge in [0.15, 0.2) is 0 Å². The summed E-state index contributed by atoms with van der Waals surface area (Å²) in [6.45, 7) is 22.3. The maximum Gasteiger partial charge on any atom is 0.0594 e. The largest absolute Gasteiger partial charge is 0.393 e. The molecule has 31 heavy (non-hydrogen) atoms. The van der Waals surface area contributed by atoms with Crippen molar-refractivity contribution in [1.29, 1.82) is 0 Å². The van der Waals surface area contributed by atoms with Crippen molar-refractivity contribution in [2.75, 3.05) is 0 Å². The maximum atomic E-state index is 10.9. The molecule has 0 saturated heterocycles. The molecule has 0 aromatic carbocycles. The Morgan fingerprint density at radius 3 is 1.84 bits per heavy atom. The fraction of sp³-hybridized carbons (Fsp3) is 0.933. The lowest BCUT2D eigenvalue weighted by Crippen LogP contribution is -2.66. The van der Waals surface area contributed by atoms with Gasteiger partial charge in [-0.25, -0.2) is 0 Å². The Labute approximate surface area is 192 Å². The van der Waals surface area contributed by atoms with Gasteiger partial charge in [0, 0.05) is 0 Å². The smallest absolute Gasteiger partial charge is 0.0594 e. The van der Waals surface area contributed by atoms with Crippen LogP contribution in [-0.4, -0.2) is 11.2 Å². The lowest BCUT2D eigenvalue weighted by molar-refractivity contribution is -0.251. The normalized spacial score (nSPS) is 57.9. The number of aliphatic hydroxyl groups is 1. The molecule has 10 unspecified atom stereocenters. The first-order valence-electron chi connectivity index (χ1n) is 13.7. The van der Waals surface area contributed by atoms with E-state index in [2.05, 4.69) is 55.0 Å². The molecular formula is C30H50O. The van der Waals surface area contributed by atoms with E-state index >= 15 is 0 Å². The van der Waals surface area contributed by atoms with Crippen molar-refractivity contribution in [2.45, 2.75) is 119 Å². The molecule has 0 radical (unpaired) electrons. The SMILES string of the molecule is C=C(C)C1CCC2(C)C1CCC1(C)C2CCC2C3(C)CCC(O)C(C)(C)C3CCC21C. The van der Waals surface area contributed by atoms with Gasteiger partial charge in [0.1, 0.15) is 0 Å². The molecule has 176 valence electrons. The molecule has 5 rings (SSSR count). The zero-order chi connectivity index (χ0) is 22.6. The molecule has 5 aliphatic carbocycles. The van der Waals surface area contributed by atoms with Crippen molar-refractivity contribution >= 4 is 0 Å². The van der Waals surface area contributed by atoms with Crippen LogP contribution in [0, 0.1) is 56.7 Å². The van der Waals surface area contributed by atoms with Crippen molar-refractivity contribution in [3.05, 3.63) is 12.2 Å². The Balaban J connectivity index is 1.52. The Morgan fingerprint density at radius 1 is 0.677 bits per heavy atom. The minimum Gasteiger partial charge on any atom is -0.393 e. The first kappa shape index (κ1) is 22.5. The molecule has 0 amide bonds. The molecule has 0 aromatic rings. The van der Waals surface area contributed by atoms with Gasteiger partial charge in [-0.15, -0.1) is 0 Å². The van der Waals surface area contributed by atoms with Crippen LogP contribution in [-0.2, 0) is 0 Å². The number of hydrogen-bond donors (Lipinski definition) is 1. The molecular weight excluding hydrogens is 376 g/mol. The van der Waals surface area contributed by atoms with Gasteiger partial charge in [-0.1, -0.05) is 53.7 Å². The Kier molecular flexibility index (Phi) is 4.82. The molecule has 1 nitrogen and oxygen atoms in total. The summed E-state index contributed by atoms with van der Waals surface area (Å²) in [4.78, 5) is 0. The number of allylic oxidation sites excluding steroid dienone is 1. The van der Waals surface area contributed by atoms with Crippen LogP contribution < -0.4 is 0 Å². The quantitative estimate of drug-likeness (QED) is 0.421. The van der Waals surface area contributed by atoms with Gasteiger partial charge in [-0.2, -0.15) is 0 Å². The summed E-state index contributed by atoms with van der Waals surface area (Å²) in [5.41, 5.74) is 3.36. The first-order chi connectivity index (χ1) is 14.3. The minimum absolute atomic E-state index is 0.0654. The Bertz CT molecular complexity index is 766. The molecule has 5 fully saturated rings. The molecule has 10 atom stereocenters. The van der Waals surface area contributed by atoms with Gasteiger partial charge in [-0.3, -0.25) is 0 Å². The topological polar surface area (TPSA) is 20.2 Å². The summed E-state index contributed by atoms with van der Waals surface area (Å²) < 4.78 is 0. The van der Waals surface area contributed by atoms with E-state index in [1.165, 1.54) is 63.4 Å². The second-order valence-electron chi connectivity index (χ2n) is 14.6. The lowest BCUT2D eigenvalue weighted by atomic mass is 9.32. The van der Waals surface area contributed by atoms with E-state index in [4.69, 9.17) is 0 Å². The van der Waals surface area contributed by atoms with Crippen molar-refractivity contribution in [1.82, 2.24) is 0 Å². The van der Waals surface area contributed by atoms with Crippen LogP contribution in [0.3, 0.4) is 0 Å². The summed E-state index contributed by atoms with van der Waals surface area (Å²) >= 11 is 0. The average Bonchev–Trinajstić information content (AvgIpc) is 3.03. The first-order valence-corrected chi connectivity index (χ1v) is 13.7. The zero-order valence-corrected chi connectivity index (χ0v) is 21.7. The van der Waals surface area contributed by atoms with Gasteiger partial charge in [-0.05, 0) is 128 Å². The van der Waals surface area contributed by atoms with Crippen LogP contribution in [0.4, 0.5) is 0 Å². The number of aliphatic hydroxyl groups excluding tert-OH is 1. The molecule has 5 aliphatic rings. The van der Waals surface area contributed by atoms with Crippen molar-refractivity contribution in [3.8, 4) is 0 Å². The number of hydrogen-bond acceptors (Lipinski definition) is 1. The number of rotatable bonds is 1. The van der Waals surface area contributed by atoms with Gasteiger partial charge in [0.05, 0.1) is 6.10 Å². The van der Waals surface area contributed by atoms with Crippen LogP contribution >= 0.6 is 0 Å². The molecule has 0 aromatic heterocycles. The summed E-state index contributed by atoms with van der Waals surface area (Å²) in [5.74, 6) is 4.03. The van der Waals surface area contributed by atoms with E-state index in [-0.39, 0.29) is 11.5 Å². The standard InChI is InChI=1S/C30H50O/c1-19(2)20-11-15-27(5)21(20)12-17-29(7)23(27)9-10-24-28(6)16-14-25(31)26(3,4)22(28)13-18-30(24,29)8/h20-25,31H,1,9-18H2,2-8H3. The van der Waals surface area contributed by atoms with E-state index in [9.17, 15) is 5.11 Å². The predicted molar refractivity (Wildman–Crippen MR) is 131 cm³/mol. The van der Waals surface area contributed by atoms with Gasteiger partial charge in [0.25, 0.3) is 0 Å². The van der Waals surface area contributed by atoms with Crippen LogP contribution in [0.1, 0.15) is 113 Å². The van der Waals surface area contributed by atoms with Crippen LogP contribution in [0.5, 0.6) is 0 Å². The average molecular weight is 427 g/mol. The van der Waals surface area contributed by atoms with E-state index in [1.54, 1.807) is 0 Å². The van der Waals surface area contributed by atoms with Crippen LogP contribution in [0.25, 0.3) is 0 Å². The molecule has 0 aliphatic heterocycles. The highest BCUT2D eigenvalue weighted by molar-refractivity contribution is 5.21. The van der Waals surface area contributed by atoms with Crippen molar-refractivity contribution < 1.29 is 5.11 Å². The van der Waals surface area contributed by atoms with E-state index < -0.39 is 0 Å². The van der Waals surface area contributed by atoms with E-state index in [1.807, 2.05) is 0 Å². The fourth-order valence-electron chi connectivity index (χ4n) is 11.8. The van der Waals surface area contributed by atoms with Gasteiger partial charge < -0.3 is 5.11 Å². The van der Waals surface area contributed by atoms with Gasteiger partial charge >= 0.3 is 0 Å². The summed E-state index contributed by atoms with van der Waals surface area (Å²) in [5, 5.41) is 10.9. The molecule has 0 spiro atoms. The second kappa shape index (κ2) is 6.64. The summed E-state index contributed by atoms with van der Waals surface area (Å²) in [6, 6.07) is 0. The lowest BCUT2D eigenvalue weighted by Gasteiger charge is -2.73. The highest BCUT2D eigenvalue weighted by Crippen LogP contribution is 2.77. The third-order valence-corrected chi connectivity index (χ3v) is 13.6. The Hall–Kier alpha value is -0.300. The predicted octanol–water partition coefficient (Wildman–Crippen LogP) is 8.02. The maximum absolute atomic E-state index is 10.9. The molecule has 1 heteroatoms. The summed E-state index contributed by atoms with van der Waals surface area (Å²) in [7, 11) is 0. The van der Waals surface area contributed by atoms with Crippen LogP contribution in [0.2, 0.25) is 0 Å². The monoisotopic (exact) mass is 426 g/mol. The molecule has 0 heterocycles. The fourth-order valence-corrected chi connectivity index (χ4v) is 11.8. The van der Waals surface area contributed by atoms with Crippen molar-refractivity contribution in [2.24, 2.45) is 56.7 Å². The molecule has 1 N–H and O–H groups in total. The van der Waals surface area contributed by atoms with E-state index in [0.717, 1.165) is 30.1 Å².